The molecule has 2 aromatic heterocycles. The van der Waals surface area contributed by atoms with Crippen LogP contribution >= 0.6 is 0 Å². The van der Waals surface area contributed by atoms with Gasteiger partial charge in [-0.25, -0.2) is 4.79 Å². The molecule has 8 nitrogen and oxygen atoms in total. The first-order chi connectivity index (χ1) is 17.9. The Balaban J connectivity index is 1.42. The third-order valence-corrected chi connectivity index (χ3v) is 6.47. The number of nitrogen functional groups attached to an aromatic ring is 2. The molecular formula is C29H29N4O4+. The number of rotatable bonds is 8. The second-order valence-corrected chi connectivity index (χ2v) is 9.07. The molecule has 0 amide bonds. The van der Waals surface area contributed by atoms with E-state index in [1.165, 1.54) is 12.1 Å². The average molecular weight is 498 g/mol. The molecule has 3 aromatic carbocycles. The minimum Gasteiger partial charge on any atom is -0.492 e. The van der Waals surface area contributed by atoms with Crippen molar-refractivity contribution in [3.05, 3.63) is 78.9 Å². The highest BCUT2D eigenvalue weighted by Gasteiger charge is 2.23. The van der Waals surface area contributed by atoms with Crippen LogP contribution in [0.15, 0.2) is 78.9 Å². The zero-order chi connectivity index (χ0) is 25.9. The zero-order valence-corrected chi connectivity index (χ0v) is 20.3. The lowest BCUT2D eigenvalue weighted by Gasteiger charge is -2.13. The largest absolute Gasteiger partial charge is 0.492 e. The number of aromatic nitrogens is 2. The number of anilines is 2. The molecule has 0 unspecified atom stereocenters. The summed E-state index contributed by atoms with van der Waals surface area (Å²) in [4.78, 5) is 17.2. The Kier molecular flexibility index (Phi) is 6.55. The molecule has 0 aliphatic heterocycles. The lowest BCUT2D eigenvalue weighted by atomic mass is 9.98. The number of hydrogen-bond acceptors (Lipinski definition) is 6. The lowest BCUT2D eigenvalue weighted by molar-refractivity contribution is -0.659. The van der Waals surface area contributed by atoms with E-state index in [9.17, 15) is 15.0 Å². The van der Waals surface area contributed by atoms with Gasteiger partial charge in [0.2, 0.25) is 23.0 Å². The lowest BCUT2D eigenvalue weighted by Crippen LogP contribution is -2.37. The van der Waals surface area contributed by atoms with Gasteiger partial charge in [-0.2, -0.15) is 4.57 Å². The van der Waals surface area contributed by atoms with Gasteiger partial charge >= 0.3 is 5.97 Å². The maximum atomic E-state index is 12.2. The van der Waals surface area contributed by atoms with Crippen LogP contribution in [0.2, 0.25) is 0 Å². The first kappa shape index (κ1) is 24.0. The Bertz CT molecular complexity index is 1580. The number of aromatic hydroxyl groups is 2. The zero-order valence-electron chi connectivity index (χ0n) is 20.3. The number of nitrogens with zero attached hydrogens (tertiary/aromatic N) is 2. The van der Waals surface area contributed by atoms with Crippen LogP contribution < -0.4 is 20.9 Å². The van der Waals surface area contributed by atoms with Crippen molar-refractivity contribution in [1.82, 2.24) is 4.73 Å². The summed E-state index contributed by atoms with van der Waals surface area (Å²) in [5, 5.41) is 22.6. The van der Waals surface area contributed by atoms with Crippen molar-refractivity contribution in [2.24, 2.45) is 0 Å². The third kappa shape index (κ3) is 4.86. The van der Waals surface area contributed by atoms with Crippen molar-refractivity contribution in [2.75, 3.05) is 11.5 Å². The number of aryl methyl sites for hydroxylation is 1. The molecule has 0 aliphatic rings. The second kappa shape index (κ2) is 10.1. The van der Waals surface area contributed by atoms with Gasteiger partial charge in [0.1, 0.15) is 6.54 Å². The summed E-state index contributed by atoms with van der Waals surface area (Å²) in [7, 11) is 0. The van der Waals surface area contributed by atoms with Crippen LogP contribution in [0.25, 0.3) is 32.9 Å². The number of carbonyl (C=O) groups is 1. The van der Waals surface area contributed by atoms with E-state index in [0.29, 0.717) is 29.1 Å². The molecule has 8 heteroatoms. The monoisotopic (exact) mass is 497 g/mol. The van der Waals surface area contributed by atoms with E-state index in [4.69, 9.17) is 16.3 Å². The van der Waals surface area contributed by atoms with Crippen molar-refractivity contribution < 1.29 is 24.4 Å². The van der Waals surface area contributed by atoms with Crippen molar-refractivity contribution in [1.29, 1.82) is 0 Å². The number of nitrogens with two attached hydrogens (primary N) is 2. The van der Waals surface area contributed by atoms with Gasteiger partial charge in [-0.05, 0) is 49.2 Å². The highest BCUT2D eigenvalue weighted by molar-refractivity contribution is 6.10. The second-order valence-electron chi connectivity index (χ2n) is 9.07. The van der Waals surface area contributed by atoms with Crippen molar-refractivity contribution in [3.8, 4) is 23.0 Å². The normalized spacial score (nSPS) is 11.2. The van der Waals surface area contributed by atoms with E-state index >= 15 is 0 Å². The molecule has 5 rings (SSSR count). The molecular weight excluding hydrogens is 468 g/mol. The summed E-state index contributed by atoms with van der Waals surface area (Å²) in [6, 6.07) is 24.7. The molecule has 188 valence electrons. The van der Waals surface area contributed by atoms with Crippen LogP contribution in [0.4, 0.5) is 11.4 Å². The van der Waals surface area contributed by atoms with Gasteiger partial charge in [-0.1, -0.05) is 24.3 Å². The van der Waals surface area contributed by atoms with Crippen LogP contribution in [0.1, 0.15) is 25.7 Å². The van der Waals surface area contributed by atoms with E-state index in [2.05, 4.69) is 28.8 Å². The highest BCUT2D eigenvalue weighted by atomic mass is 16.7. The van der Waals surface area contributed by atoms with Gasteiger partial charge in [0.15, 0.2) is 0 Å². The minimum absolute atomic E-state index is 0.162. The van der Waals surface area contributed by atoms with E-state index in [1.807, 2.05) is 42.5 Å². The number of carbonyl (C=O) groups excluding carboxylic acids is 1. The molecule has 0 bridgehead atoms. The van der Waals surface area contributed by atoms with Gasteiger partial charge in [0, 0.05) is 53.4 Å². The Morgan fingerprint density at radius 2 is 1.46 bits per heavy atom. The number of fused-ring (bicyclic) bond motifs is 3. The van der Waals surface area contributed by atoms with Gasteiger partial charge in [0.05, 0.1) is 10.8 Å². The topological polar surface area (TPSA) is 128 Å². The summed E-state index contributed by atoms with van der Waals surface area (Å²) in [5.41, 5.74) is 17.0. The molecule has 6 N–H and O–H groups in total. The fourth-order valence-electron chi connectivity index (χ4n) is 4.76. The molecule has 0 fully saturated rings. The Hall–Kier alpha value is -4.72. The molecule has 0 saturated heterocycles. The third-order valence-electron chi connectivity index (χ3n) is 6.47. The Labute approximate surface area is 213 Å². The van der Waals surface area contributed by atoms with Crippen LogP contribution in [0.3, 0.4) is 0 Å². The number of pyridine rings is 1. The van der Waals surface area contributed by atoms with Gasteiger partial charge < -0.3 is 26.5 Å². The molecule has 0 radical (unpaired) electrons. The Morgan fingerprint density at radius 1 is 0.784 bits per heavy atom. The van der Waals surface area contributed by atoms with E-state index in [-0.39, 0.29) is 18.2 Å². The van der Waals surface area contributed by atoms with E-state index in [1.54, 1.807) is 0 Å². The predicted octanol–water partition coefficient (Wildman–Crippen LogP) is 4.54. The van der Waals surface area contributed by atoms with Crippen LogP contribution in [-0.2, 0) is 11.3 Å². The van der Waals surface area contributed by atoms with Crippen molar-refractivity contribution in [2.45, 2.75) is 32.2 Å². The quantitative estimate of drug-likeness (QED) is 0.108. The molecule has 37 heavy (non-hydrogen) atoms. The number of unbranched alkanes of at least 4 members (excludes halogenated alkanes) is 2. The fraction of sp³-hybridized carbons (Fsp3) is 0.172. The van der Waals surface area contributed by atoms with Gasteiger partial charge in [-0.3, -0.25) is 0 Å². The standard InChI is InChI=1S/C29H28N4O4/c30-20-10-12-22-23-13-11-21(31)18-25(23)32(29(24(22)17-20)19-7-3-1-4-8-19)16-6-2-5-9-28(36)37-33-26(34)14-15-27(33)35/h1,3-4,7-8,10-15,17-18,31,34-35H,2,5-6,9,16,30H2/p+1. The molecule has 0 atom stereocenters. The summed E-state index contributed by atoms with van der Waals surface area (Å²) in [5.74, 6) is -1.20. The van der Waals surface area contributed by atoms with Gasteiger partial charge in [0.25, 0.3) is 0 Å². The summed E-state index contributed by atoms with van der Waals surface area (Å²) >= 11 is 0. The predicted molar refractivity (Wildman–Crippen MR) is 144 cm³/mol. The van der Waals surface area contributed by atoms with Crippen LogP contribution in [0.5, 0.6) is 11.8 Å². The summed E-state index contributed by atoms with van der Waals surface area (Å²) in [6.45, 7) is 0.711. The van der Waals surface area contributed by atoms with Crippen molar-refractivity contribution in [3.63, 3.8) is 0 Å². The maximum absolute atomic E-state index is 12.2. The summed E-state index contributed by atoms with van der Waals surface area (Å²) < 4.78 is 3.00. The molecule has 0 saturated carbocycles. The average Bonchev–Trinajstić information content (AvgIpc) is 3.20. The molecule has 5 aromatic rings. The molecule has 0 aliphatic carbocycles. The number of hydrogen-bond donors (Lipinski definition) is 4. The Morgan fingerprint density at radius 3 is 2.19 bits per heavy atom. The first-order valence-corrected chi connectivity index (χ1v) is 12.2. The SMILES string of the molecule is Nc1ccc2c(c1)c(-c1ccccc1)[n+](CCCCCC(=O)On1c(O)ccc1O)c1cc(N)ccc21. The minimum atomic E-state index is -0.529. The van der Waals surface area contributed by atoms with E-state index in [0.717, 1.165) is 45.8 Å². The van der Waals surface area contributed by atoms with Crippen molar-refractivity contribution >= 4 is 39.0 Å². The fourth-order valence-corrected chi connectivity index (χ4v) is 4.76. The molecule has 0 spiro atoms. The van der Waals surface area contributed by atoms with Gasteiger partial charge in [-0.15, -0.1) is 4.73 Å². The molecule has 2 heterocycles. The number of benzene rings is 3. The van der Waals surface area contributed by atoms with Crippen LogP contribution in [-0.4, -0.2) is 20.9 Å². The van der Waals surface area contributed by atoms with E-state index < -0.39 is 5.97 Å². The van der Waals surface area contributed by atoms with Crippen LogP contribution in [0, 0.1) is 0 Å². The smallest absolute Gasteiger partial charge is 0.333 e. The maximum Gasteiger partial charge on any atom is 0.333 e. The summed E-state index contributed by atoms with van der Waals surface area (Å²) in [6.07, 6.45) is 2.35. The first-order valence-electron chi connectivity index (χ1n) is 12.2. The highest BCUT2D eigenvalue weighted by Crippen LogP contribution is 2.33.